The van der Waals surface area contributed by atoms with Gasteiger partial charge >= 0.3 is 11.8 Å². The third kappa shape index (κ3) is 4.66. The fourth-order valence-corrected chi connectivity index (χ4v) is 3.17. The molecule has 0 aromatic carbocycles. The van der Waals surface area contributed by atoms with E-state index in [-0.39, 0.29) is 36.6 Å². The number of piperazine rings is 1. The van der Waals surface area contributed by atoms with Crippen LogP contribution in [-0.4, -0.2) is 101 Å². The van der Waals surface area contributed by atoms with Gasteiger partial charge in [0.25, 0.3) is 5.24 Å². The quantitative estimate of drug-likeness (QED) is 0.552. The van der Waals surface area contributed by atoms with Gasteiger partial charge in [-0.3, -0.25) is 29.0 Å². The Morgan fingerprint density at radius 1 is 1.13 bits per heavy atom. The topological polar surface area (TPSA) is 110 Å². The molecule has 2 aliphatic rings. The summed E-state index contributed by atoms with van der Waals surface area (Å²) >= 11 is 0.933. The van der Waals surface area contributed by atoms with E-state index in [1.165, 1.54) is 4.90 Å². The number of aliphatic hydroxyl groups is 1. The molecule has 2 fully saturated rings. The molecule has 2 rings (SSSR count). The van der Waals surface area contributed by atoms with Crippen LogP contribution in [0, 0.1) is 0 Å². The fourth-order valence-electron chi connectivity index (χ4n) is 2.41. The molecule has 0 unspecified atom stereocenters. The van der Waals surface area contributed by atoms with E-state index in [0.29, 0.717) is 32.7 Å². The lowest BCUT2D eigenvalue weighted by molar-refractivity contribution is -0.147. The van der Waals surface area contributed by atoms with E-state index in [1.54, 1.807) is 0 Å². The number of nitrogens with zero attached hydrogens (tertiary/aromatic N) is 3. The predicted molar refractivity (Wildman–Crippen MR) is 82.7 cm³/mol. The number of thioether (sulfide) groups is 1. The molecule has 0 bridgehead atoms. The van der Waals surface area contributed by atoms with E-state index < -0.39 is 11.8 Å². The molecule has 0 aromatic rings. The standard InChI is InChI=1S/C13H20N4O5S/c18-8-7-15-3-5-16(6-4-15)12(21)11(20)14-1-2-17-10(19)9-23-13(17)22/h18H,1-9H2,(H,14,20). The van der Waals surface area contributed by atoms with Crippen molar-refractivity contribution in [1.82, 2.24) is 20.0 Å². The highest BCUT2D eigenvalue weighted by Crippen LogP contribution is 2.17. The maximum Gasteiger partial charge on any atom is 0.311 e. The van der Waals surface area contributed by atoms with E-state index in [9.17, 15) is 19.2 Å². The molecule has 0 aliphatic carbocycles. The summed E-state index contributed by atoms with van der Waals surface area (Å²) in [5, 5.41) is 11.0. The molecule has 128 valence electrons. The van der Waals surface area contributed by atoms with Gasteiger partial charge in [-0.05, 0) is 0 Å². The summed E-state index contributed by atoms with van der Waals surface area (Å²) in [5.74, 6) is -1.49. The summed E-state index contributed by atoms with van der Waals surface area (Å²) in [6.45, 7) is 2.88. The molecule has 4 amide bonds. The first-order valence-electron chi connectivity index (χ1n) is 7.40. The van der Waals surface area contributed by atoms with Crippen molar-refractivity contribution in [2.75, 3.05) is 58.2 Å². The van der Waals surface area contributed by atoms with Gasteiger partial charge in [-0.1, -0.05) is 11.8 Å². The van der Waals surface area contributed by atoms with Crippen molar-refractivity contribution in [3.63, 3.8) is 0 Å². The maximum absolute atomic E-state index is 12.0. The Hall–Kier alpha value is -1.65. The highest BCUT2D eigenvalue weighted by Gasteiger charge is 2.30. The zero-order chi connectivity index (χ0) is 16.8. The fraction of sp³-hybridized carbons (Fsp3) is 0.692. The van der Waals surface area contributed by atoms with Crippen molar-refractivity contribution in [2.24, 2.45) is 0 Å². The van der Waals surface area contributed by atoms with Gasteiger partial charge in [0.2, 0.25) is 5.91 Å². The van der Waals surface area contributed by atoms with Crippen molar-refractivity contribution >= 4 is 34.7 Å². The first kappa shape index (κ1) is 17.7. The van der Waals surface area contributed by atoms with Gasteiger partial charge < -0.3 is 15.3 Å². The number of rotatable bonds is 5. The lowest BCUT2D eigenvalue weighted by atomic mass is 10.3. The lowest BCUT2D eigenvalue weighted by Crippen LogP contribution is -2.53. The van der Waals surface area contributed by atoms with E-state index in [0.717, 1.165) is 16.7 Å². The number of hydrogen-bond donors (Lipinski definition) is 2. The van der Waals surface area contributed by atoms with Gasteiger partial charge in [0.05, 0.1) is 12.4 Å². The molecule has 23 heavy (non-hydrogen) atoms. The van der Waals surface area contributed by atoms with Crippen LogP contribution in [-0.2, 0) is 14.4 Å². The summed E-state index contributed by atoms with van der Waals surface area (Å²) in [6, 6.07) is 0. The Morgan fingerprint density at radius 3 is 2.39 bits per heavy atom. The van der Waals surface area contributed by atoms with Crippen LogP contribution in [0.5, 0.6) is 0 Å². The van der Waals surface area contributed by atoms with Gasteiger partial charge in [0.1, 0.15) is 0 Å². The molecular formula is C13H20N4O5S. The largest absolute Gasteiger partial charge is 0.395 e. The Labute approximate surface area is 137 Å². The molecule has 10 heteroatoms. The first-order valence-corrected chi connectivity index (χ1v) is 8.39. The second kappa shape index (κ2) is 8.27. The minimum Gasteiger partial charge on any atom is -0.395 e. The number of carbonyl (C=O) groups is 4. The highest BCUT2D eigenvalue weighted by molar-refractivity contribution is 8.14. The van der Waals surface area contributed by atoms with Gasteiger partial charge in [-0.15, -0.1) is 0 Å². The number of nitrogens with one attached hydrogen (secondary N) is 1. The Bertz CT molecular complexity index is 477. The van der Waals surface area contributed by atoms with Gasteiger partial charge in [-0.25, -0.2) is 0 Å². The van der Waals surface area contributed by atoms with Crippen molar-refractivity contribution in [1.29, 1.82) is 0 Å². The van der Waals surface area contributed by atoms with Crippen LogP contribution >= 0.6 is 11.8 Å². The predicted octanol–water partition coefficient (Wildman–Crippen LogP) is -2.07. The van der Waals surface area contributed by atoms with Crippen molar-refractivity contribution in [3.8, 4) is 0 Å². The molecule has 0 aromatic heterocycles. The second-order valence-electron chi connectivity index (χ2n) is 5.21. The molecule has 2 N–H and O–H groups in total. The molecule has 2 saturated heterocycles. The Balaban J connectivity index is 1.70. The van der Waals surface area contributed by atoms with Crippen LogP contribution in [0.4, 0.5) is 4.79 Å². The normalized spacial score (nSPS) is 19.3. The van der Waals surface area contributed by atoms with E-state index in [4.69, 9.17) is 5.11 Å². The monoisotopic (exact) mass is 344 g/mol. The summed E-state index contributed by atoms with van der Waals surface area (Å²) in [7, 11) is 0. The van der Waals surface area contributed by atoms with Crippen LogP contribution in [0.2, 0.25) is 0 Å². The summed E-state index contributed by atoms with van der Waals surface area (Å²) in [4.78, 5) is 51.2. The maximum atomic E-state index is 12.0. The van der Waals surface area contributed by atoms with Crippen molar-refractivity contribution < 1.29 is 24.3 Å². The minimum atomic E-state index is -0.729. The Morgan fingerprint density at radius 2 is 1.83 bits per heavy atom. The van der Waals surface area contributed by atoms with Crippen molar-refractivity contribution in [2.45, 2.75) is 0 Å². The molecule has 0 spiro atoms. The number of carbonyl (C=O) groups excluding carboxylic acids is 4. The number of hydrogen-bond acceptors (Lipinski definition) is 7. The molecule has 2 aliphatic heterocycles. The Kier molecular flexibility index (Phi) is 6.37. The van der Waals surface area contributed by atoms with E-state index >= 15 is 0 Å². The van der Waals surface area contributed by atoms with Gasteiger partial charge in [0.15, 0.2) is 0 Å². The molecule has 0 radical (unpaired) electrons. The van der Waals surface area contributed by atoms with E-state index in [2.05, 4.69) is 5.32 Å². The van der Waals surface area contributed by atoms with E-state index in [1.807, 2.05) is 4.90 Å². The average molecular weight is 344 g/mol. The van der Waals surface area contributed by atoms with Gasteiger partial charge in [-0.2, -0.15) is 0 Å². The highest BCUT2D eigenvalue weighted by atomic mass is 32.2. The average Bonchev–Trinajstić information content (AvgIpc) is 2.87. The molecular weight excluding hydrogens is 324 g/mol. The molecule has 9 nitrogen and oxygen atoms in total. The lowest BCUT2D eigenvalue weighted by Gasteiger charge is -2.33. The SMILES string of the molecule is O=C(NCCN1C(=O)CSC1=O)C(=O)N1CCN(CCO)CC1. The van der Waals surface area contributed by atoms with Crippen LogP contribution in [0.15, 0.2) is 0 Å². The van der Waals surface area contributed by atoms with Crippen molar-refractivity contribution in [3.05, 3.63) is 0 Å². The summed E-state index contributed by atoms with van der Waals surface area (Å²) < 4.78 is 0. The van der Waals surface area contributed by atoms with Crippen LogP contribution in [0.3, 0.4) is 0 Å². The van der Waals surface area contributed by atoms with Gasteiger partial charge in [0, 0.05) is 45.8 Å². The van der Waals surface area contributed by atoms with Crippen LogP contribution < -0.4 is 5.32 Å². The molecule has 0 saturated carbocycles. The molecule has 0 atom stereocenters. The molecule has 2 heterocycles. The third-order valence-electron chi connectivity index (χ3n) is 3.73. The smallest absolute Gasteiger partial charge is 0.311 e. The summed E-state index contributed by atoms with van der Waals surface area (Å²) in [5.41, 5.74) is 0. The zero-order valence-corrected chi connectivity index (χ0v) is 13.5. The van der Waals surface area contributed by atoms with Crippen LogP contribution in [0.1, 0.15) is 0 Å². The summed E-state index contributed by atoms with van der Waals surface area (Å²) in [6.07, 6.45) is 0. The van der Waals surface area contributed by atoms with Crippen LogP contribution in [0.25, 0.3) is 0 Å². The minimum absolute atomic E-state index is 0.0626. The first-order chi connectivity index (χ1) is 11.0. The second-order valence-corrected chi connectivity index (χ2v) is 6.14. The third-order valence-corrected chi connectivity index (χ3v) is 4.59. The number of β-amino-alcohol motifs (C(OH)–C–C–N with tert-alkyl or cyclic N) is 1. The zero-order valence-electron chi connectivity index (χ0n) is 12.7. The number of amides is 4. The number of imide groups is 1. The number of aliphatic hydroxyl groups excluding tert-OH is 1.